The van der Waals surface area contributed by atoms with Gasteiger partial charge in [0.05, 0.1) is 0 Å². The molecule has 0 spiro atoms. The van der Waals surface area contributed by atoms with Crippen molar-refractivity contribution in [2.24, 2.45) is 0 Å². The number of hydrogen-bond donors (Lipinski definition) is 0. The molecule has 0 aliphatic heterocycles. The van der Waals surface area contributed by atoms with Crippen molar-refractivity contribution in [1.82, 2.24) is 4.90 Å². The van der Waals surface area contributed by atoms with Gasteiger partial charge in [-0.15, -0.1) is 11.8 Å². The van der Waals surface area contributed by atoms with Crippen LogP contribution in [0.15, 0.2) is 0 Å². The second kappa shape index (κ2) is 2.88. The maximum atomic E-state index is 5.08. The highest BCUT2D eigenvalue weighted by Gasteiger charge is 2.27. The molecule has 0 aromatic carbocycles. The molecule has 0 saturated heterocycles. The van der Waals surface area contributed by atoms with Gasteiger partial charge < -0.3 is 4.90 Å². The van der Waals surface area contributed by atoms with Gasteiger partial charge in [-0.25, -0.2) is 0 Å². The highest BCUT2D eigenvalue weighted by atomic mass is 32.2. The average molecular weight is 161 g/mol. The minimum atomic E-state index is 0.768. The Kier molecular flexibility index (Phi) is 2.35. The lowest BCUT2D eigenvalue weighted by Gasteiger charge is -2.16. The van der Waals surface area contributed by atoms with E-state index in [0.717, 1.165) is 10.4 Å². The minimum Gasteiger partial charge on any atom is -0.358 e. The molecular formula is C6H11NS2. The van der Waals surface area contributed by atoms with Crippen molar-refractivity contribution in [2.75, 3.05) is 13.3 Å². The van der Waals surface area contributed by atoms with Crippen LogP contribution in [0.5, 0.6) is 0 Å². The van der Waals surface area contributed by atoms with Gasteiger partial charge >= 0.3 is 0 Å². The van der Waals surface area contributed by atoms with Crippen molar-refractivity contribution in [2.45, 2.75) is 18.9 Å². The van der Waals surface area contributed by atoms with Gasteiger partial charge in [-0.2, -0.15) is 0 Å². The van der Waals surface area contributed by atoms with Crippen molar-refractivity contribution in [3.05, 3.63) is 0 Å². The molecule has 1 rings (SSSR count). The Morgan fingerprint density at radius 2 is 2.22 bits per heavy atom. The van der Waals surface area contributed by atoms with Gasteiger partial charge in [0.15, 0.2) is 0 Å². The molecule has 0 radical (unpaired) electrons. The zero-order chi connectivity index (χ0) is 6.85. The third kappa shape index (κ3) is 1.83. The van der Waals surface area contributed by atoms with Crippen LogP contribution in [-0.2, 0) is 0 Å². The third-order valence-corrected chi connectivity index (χ3v) is 2.98. The predicted octanol–water partition coefficient (Wildman–Crippen LogP) is 1.73. The summed E-state index contributed by atoms with van der Waals surface area (Å²) in [6.45, 7) is 0. The predicted molar refractivity (Wildman–Crippen MR) is 46.9 cm³/mol. The van der Waals surface area contributed by atoms with Crippen LogP contribution in [0.1, 0.15) is 12.8 Å². The Labute approximate surface area is 65.8 Å². The molecule has 0 heterocycles. The Morgan fingerprint density at radius 3 is 2.56 bits per heavy atom. The molecule has 0 N–H and O–H groups in total. The van der Waals surface area contributed by atoms with Crippen molar-refractivity contribution in [1.29, 1.82) is 0 Å². The van der Waals surface area contributed by atoms with Crippen molar-refractivity contribution in [3.8, 4) is 0 Å². The van der Waals surface area contributed by atoms with E-state index in [-0.39, 0.29) is 0 Å². The van der Waals surface area contributed by atoms with Gasteiger partial charge in [0, 0.05) is 13.1 Å². The number of nitrogens with zero attached hydrogens (tertiary/aromatic N) is 1. The summed E-state index contributed by atoms with van der Waals surface area (Å²) in [4.78, 5) is 2.19. The Balaban J connectivity index is 2.30. The molecule has 0 aromatic rings. The van der Waals surface area contributed by atoms with Crippen LogP contribution < -0.4 is 0 Å². The standard InChI is InChI=1S/C6H11NS2/c1-7(5-3-4-5)6(8)9-2/h5H,3-4H2,1-2H3. The summed E-state index contributed by atoms with van der Waals surface area (Å²) in [5.74, 6) is 0. The minimum absolute atomic E-state index is 0.768. The zero-order valence-corrected chi connectivity index (χ0v) is 7.39. The quantitative estimate of drug-likeness (QED) is 0.539. The summed E-state index contributed by atoms with van der Waals surface area (Å²) in [7, 11) is 2.08. The molecule has 0 bridgehead atoms. The van der Waals surface area contributed by atoms with E-state index < -0.39 is 0 Å². The lowest BCUT2D eigenvalue weighted by molar-refractivity contribution is 0.514. The van der Waals surface area contributed by atoms with Gasteiger partial charge in [-0.05, 0) is 19.1 Å². The van der Waals surface area contributed by atoms with E-state index in [9.17, 15) is 0 Å². The van der Waals surface area contributed by atoms with E-state index in [0.29, 0.717) is 0 Å². The van der Waals surface area contributed by atoms with Crippen LogP contribution in [0, 0.1) is 0 Å². The topological polar surface area (TPSA) is 3.24 Å². The highest BCUT2D eigenvalue weighted by molar-refractivity contribution is 8.22. The lowest BCUT2D eigenvalue weighted by atomic mass is 10.6. The molecule has 0 unspecified atom stereocenters. The zero-order valence-electron chi connectivity index (χ0n) is 5.76. The SMILES string of the molecule is CSC(=S)N(C)C1CC1. The van der Waals surface area contributed by atoms with Crippen LogP contribution in [0.25, 0.3) is 0 Å². The number of hydrogen-bond acceptors (Lipinski definition) is 2. The first-order chi connectivity index (χ1) is 4.25. The first kappa shape index (κ1) is 7.35. The molecule has 1 fully saturated rings. The molecule has 0 atom stereocenters. The van der Waals surface area contributed by atoms with E-state index >= 15 is 0 Å². The number of thioether (sulfide) groups is 1. The Morgan fingerprint density at radius 1 is 1.67 bits per heavy atom. The van der Waals surface area contributed by atoms with E-state index in [4.69, 9.17) is 12.2 Å². The third-order valence-electron chi connectivity index (χ3n) is 1.56. The number of thiocarbonyl (C=S) groups is 1. The van der Waals surface area contributed by atoms with Crippen LogP contribution in [-0.4, -0.2) is 28.6 Å². The second-order valence-corrected chi connectivity index (χ2v) is 3.75. The monoisotopic (exact) mass is 161 g/mol. The highest BCUT2D eigenvalue weighted by Crippen LogP contribution is 2.27. The summed E-state index contributed by atoms with van der Waals surface area (Å²) in [5, 5.41) is 0. The molecule has 52 valence electrons. The fraction of sp³-hybridized carbons (Fsp3) is 0.833. The normalized spacial score (nSPS) is 17.6. The average Bonchev–Trinajstić information content (AvgIpc) is 2.66. The van der Waals surface area contributed by atoms with Gasteiger partial charge in [0.1, 0.15) is 4.32 Å². The molecule has 3 heteroatoms. The van der Waals surface area contributed by atoms with Crippen LogP contribution >= 0.6 is 24.0 Å². The van der Waals surface area contributed by atoms with Crippen LogP contribution in [0.4, 0.5) is 0 Å². The number of rotatable bonds is 1. The smallest absolute Gasteiger partial charge is 0.136 e. The summed E-state index contributed by atoms with van der Waals surface area (Å²) < 4.78 is 1.03. The lowest BCUT2D eigenvalue weighted by Crippen LogP contribution is -2.24. The summed E-state index contributed by atoms with van der Waals surface area (Å²) in [6, 6.07) is 0.768. The van der Waals surface area contributed by atoms with Crippen LogP contribution in [0.3, 0.4) is 0 Å². The molecule has 0 aromatic heterocycles. The van der Waals surface area contributed by atoms with Gasteiger partial charge in [-0.3, -0.25) is 0 Å². The summed E-state index contributed by atoms with van der Waals surface area (Å²) in [5.41, 5.74) is 0. The molecule has 9 heavy (non-hydrogen) atoms. The Hall–Kier alpha value is 0.240. The molecular weight excluding hydrogens is 150 g/mol. The maximum absolute atomic E-state index is 5.08. The van der Waals surface area contributed by atoms with E-state index in [2.05, 4.69) is 11.9 Å². The van der Waals surface area contributed by atoms with E-state index in [1.807, 2.05) is 6.26 Å². The summed E-state index contributed by atoms with van der Waals surface area (Å²) in [6.07, 6.45) is 4.69. The molecule has 1 nitrogen and oxygen atoms in total. The molecule has 1 aliphatic carbocycles. The van der Waals surface area contributed by atoms with Gasteiger partial charge in [0.2, 0.25) is 0 Å². The summed E-state index contributed by atoms with van der Waals surface area (Å²) >= 11 is 6.74. The molecule has 0 amide bonds. The fourth-order valence-electron chi connectivity index (χ4n) is 0.755. The molecule has 1 saturated carbocycles. The largest absolute Gasteiger partial charge is 0.358 e. The van der Waals surface area contributed by atoms with Crippen LogP contribution in [0.2, 0.25) is 0 Å². The molecule has 1 aliphatic rings. The maximum Gasteiger partial charge on any atom is 0.136 e. The van der Waals surface area contributed by atoms with Crippen molar-refractivity contribution < 1.29 is 0 Å². The first-order valence-corrected chi connectivity index (χ1v) is 4.70. The van der Waals surface area contributed by atoms with E-state index in [1.165, 1.54) is 12.8 Å². The van der Waals surface area contributed by atoms with Crippen molar-refractivity contribution in [3.63, 3.8) is 0 Å². The van der Waals surface area contributed by atoms with Gasteiger partial charge in [-0.1, -0.05) is 12.2 Å². The Bertz CT molecular complexity index is 120. The van der Waals surface area contributed by atoms with Crippen molar-refractivity contribution >= 4 is 28.3 Å². The first-order valence-electron chi connectivity index (χ1n) is 3.06. The second-order valence-electron chi connectivity index (χ2n) is 2.31. The fourth-order valence-corrected chi connectivity index (χ4v) is 1.34. The van der Waals surface area contributed by atoms with Gasteiger partial charge in [0.25, 0.3) is 0 Å². The van der Waals surface area contributed by atoms with E-state index in [1.54, 1.807) is 11.8 Å².